The Balaban J connectivity index is 2.01. The number of alkyl halides is 1. The third kappa shape index (κ3) is 23.4. The molecule has 380 valence electrons. The number of unbranched alkanes of at least 4 members (excludes halogenated alkanes) is 2. The van der Waals surface area contributed by atoms with Crippen molar-refractivity contribution in [3.63, 3.8) is 0 Å². The Morgan fingerprint density at radius 3 is 1.36 bits per heavy atom. The molecule has 7 amide bonds. The van der Waals surface area contributed by atoms with Crippen LogP contribution in [0.3, 0.4) is 0 Å². The molecule has 0 aliphatic heterocycles. The number of halogens is 1. The highest BCUT2D eigenvalue weighted by Crippen LogP contribution is 2.12. The van der Waals surface area contributed by atoms with Crippen molar-refractivity contribution >= 4 is 65.6 Å². The fourth-order valence-corrected chi connectivity index (χ4v) is 6.27. The molecule has 0 fully saturated rings. The first-order valence-corrected chi connectivity index (χ1v) is 21.6. The van der Waals surface area contributed by atoms with Crippen LogP contribution >= 0.6 is 0 Å². The molecule has 1 aromatic carbocycles. The Morgan fingerprint density at radius 2 is 0.971 bits per heavy atom. The minimum absolute atomic E-state index is 0.00152. The zero-order valence-electron chi connectivity index (χ0n) is 37.2. The number of carbonyl (C=O) groups excluding carboxylic acids is 5. The molecule has 0 aliphatic rings. The smallest absolute Gasteiger partial charge is 0.326 e. The summed E-state index contributed by atoms with van der Waals surface area (Å²) in [5, 5.41) is 79.4. The van der Waals surface area contributed by atoms with Crippen molar-refractivity contribution in [3.05, 3.63) is 41.7 Å². The van der Waals surface area contributed by atoms with Crippen molar-refractivity contribution < 1.29 is 87.8 Å². The number of amides is 7. The Morgan fingerprint density at radius 1 is 0.551 bits per heavy atom. The number of hydrogen-bond acceptors (Lipinski definition) is 13. The topological polar surface area (TPSA) is 424 Å². The van der Waals surface area contributed by atoms with E-state index in [0.717, 1.165) is 0 Å². The number of hydrogen-bond donors (Lipinski definition) is 13. The van der Waals surface area contributed by atoms with Gasteiger partial charge in [0.15, 0.2) is 0 Å². The number of aromatic nitrogens is 3. The van der Waals surface area contributed by atoms with Gasteiger partial charge in [-0.2, -0.15) is 0 Å². The summed E-state index contributed by atoms with van der Waals surface area (Å²) in [5.41, 5.74) is 1.24. The van der Waals surface area contributed by atoms with Crippen molar-refractivity contribution in [1.82, 2.24) is 52.2 Å². The number of nitrogens with one attached hydrogen (secondary N) is 7. The van der Waals surface area contributed by atoms with E-state index in [9.17, 15) is 77.6 Å². The molecule has 3 unspecified atom stereocenters. The molecule has 1 aromatic heterocycles. The molecular weight excluding hydrogens is 924 g/mol. The van der Waals surface area contributed by atoms with Gasteiger partial charge in [-0.3, -0.25) is 28.4 Å². The molecule has 0 spiro atoms. The van der Waals surface area contributed by atoms with Gasteiger partial charge < -0.3 is 67.9 Å². The van der Waals surface area contributed by atoms with Crippen LogP contribution < -0.4 is 37.2 Å². The van der Waals surface area contributed by atoms with E-state index >= 15 is 0 Å². The molecule has 0 bridgehead atoms. The lowest BCUT2D eigenvalue weighted by Gasteiger charge is -2.19. The van der Waals surface area contributed by atoms with Crippen LogP contribution in [0.5, 0.6) is 0 Å². The van der Waals surface area contributed by atoms with Gasteiger partial charge in [-0.15, -0.1) is 5.10 Å². The van der Waals surface area contributed by atoms with Gasteiger partial charge in [-0.05, 0) is 88.5 Å². The maximum Gasteiger partial charge on any atom is 0.326 e. The van der Waals surface area contributed by atoms with Gasteiger partial charge >= 0.3 is 47.9 Å². The monoisotopic (exact) mass is 980 g/mol. The summed E-state index contributed by atoms with van der Waals surface area (Å²) in [6, 6.07) is -3.45. The maximum atomic E-state index is 13.4. The van der Waals surface area contributed by atoms with E-state index in [1.54, 1.807) is 18.3 Å². The fourth-order valence-electron chi connectivity index (χ4n) is 6.27. The number of carboxylic acids is 6. The van der Waals surface area contributed by atoms with E-state index in [1.807, 2.05) is 10.6 Å². The molecule has 0 radical (unpaired) electrons. The van der Waals surface area contributed by atoms with Crippen LogP contribution in [0.1, 0.15) is 99.5 Å². The third-order valence-electron chi connectivity index (χ3n) is 9.89. The second-order valence-corrected chi connectivity index (χ2v) is 15.4. The summed E-state index contributed by atoms with van der Waals surface area (Å²) >= 11 is 0. The third-order valence-corrected chi connectivity index (χ3v) is 9.89. The van der Waals surface area contributed by atoms with Crippen LogP contribution in [0.25, 0.3) is 5.69 Å². The van der Waals surface area contributed by atoms with Gasteiger partial charge in [-0.25, -0.2) is 33.4 Å². The maximum absolute atomic E-state index is 13.4. The standard InChI is InChI=1S/C41H57FN10O17/c42-17-5-6-24-22-52(51-50-24)26-11-9-23(10-12-26)35(59)45-25(20-31(53)43-18-3-1-7-27(36(60)61)46-40(68)48-29(38(64)65)13-15-33(55)56)21-32(54)44-19-4-2-8-28(37(62)63)47-41(69)49-30(39(66)67)14-16-34(57)58/h9-12,22,25,27-30H,1-8,13-21H2,(H,43,53)(H,44,54)(H,45,59)(H,55,56)(H,57,58)(H,60,61)(H,62,63)(H,64,65)(H,66,67)(H2,46,48,68)(H2,47,49,69)/t25?,27-,28?,29+,30?/m1/s1. The molecule has 5 atom stereocenters. The molecular formula is C41H57FN10O17. The van der Waals surface area contributed by atoms with Crippen LogP contribution in [0.4, 0.5) is 14.0 Å². The normalized spacial score (nSPS) is 12.9. The molecule has 69 heavy (non-hydrogen) atoms. The molecule has 2 aromatic rings. The zero-order chi connectivity index (χ0) is 51.5. The second kappa shape index (κ2) is 30.4. The minimum Gasteiger partial charge on any atom is -0.481 e. The van der Waals surface area contributed by atoms with Gasteiger partial charge in [-0.1, -0.05) is 5.21 Å². The predicted molar refractivity (Wildman–Crippen MR) is 233 cm³/mol. The number of carboxylic acid groups (broad SMARTS) is 6. The van der Waals surface area contributed by atoms with Gasteiger partial charge in [0.05, 0.1) is 24.3 Å². The van der Waals surface area contributed by atoms with Crippen LogP contribution in [-0.2, 0) is 44.8 Å². The summed E-state index contributed by atoms with van der Waals surface area (Å²) in [6.45, 7) is -0.522. The first kappa shape index (κ1) is 57.2. The Bertz CT molecular complexity index is 2010. The molecule has 0 aliphatic carbocycles. The highest BCUT2D eigenvalue weighted by Gasteiger charge is 2.27. The molecule has 13 N–H and O–H groups in total. The van der Waals surface area contributed by atoms with Gasteiger partial charge in [0.25, 0.3) is 5.91 Å². The van der Waals surface area contributed by atoms with Crippen LogP contribution in [0.2, 0.25) is 0 Å². The first-order chi connectivity index (χ1) is 32.7. The fraction of sp³-hybridized carbons (Fsp3) is 0.537. The SMILES string of the molecule is O=C(O)CCC(NC(=O)NC(CCCCNC(=O)CC(CC(=O)NCCCC[C@@H](NC(=O)N[C@@H](CCC(=O)O)C(=O)O)C(=O)O)NC(=O)c1ccc(-n2cc(CCCF)nn2)cc1)C(=O)O)C(=O)O. The number of rotatable bonds is 34. The Kier molecular flexibility index (Phi) is 25.2. The molecule has 28 heteroatoms. The quantitative estimate of drug-likeness (QED) is 0.0403. The lowest BCUT2D eigenvalue weighted by Crippen LogP contribution is -2.51. The summed E-state index contributed by atoms with van der Waals surface area (Å²) in [7, 11) is 0. The van der Waals surface area contributed by atoms with Crippen LogP contribution in [-0.4, -0.2) is 161 Å². The van der Waals surface area contributed by atoms with Crippen LogP contribution in [0, 0.1) is 0 Å². The van der Waals surface area contributed by atoms with Gasteiger partial charge in [0.2, 0.25) is 11.8 Å². The highest BCUT2D eigenvalue weighted by atomic mass is 19.1. The molecule has 2 rings (SSSR count). The van der Waals surface area contributed by atoms with E-state index in [0.29, 0.717) is 17.8 Å². The van der Waals surface area contributed by atoms with E-state index in [-0.39, 0.29) is 63.6 Å². The number of benzene rings is 1. The number of nitrogens with zero attached hydrogens (tertiary/aromatic N) is 3. The number of aryl methyl sites for hydroxylation is 1. The zero-order valence-corrected chi connectivity index (χ0v) is 37.2. The van der Waals surface area contributed by atoms with E-state index < -0.39 is 141 Å². The van der Waals surface area contributed by atoms with Crippen molar-refractivity contribution in [2.24, 2.45) is 0 Å². The molecule has 0 saturated heterocycles. The molecule has 0 saturated carbocycles. The van der Waals surface area contributed by atoms with E-state index in [1.165, 1.54) is 16.8 Å². The Labute approximate surface area is 392 Å². The van der Waals surface area contributed by atoms with Crippen molar-refractivity contribution in [1.29, 1.82) is 0 Å². The number of carbonyl (C=O) groups is 11. The average molecular weight is 981 g/mol. The van der Waals surface area contributed by atoms with Crippen molar-refractivity contribution in [3.8, 4) is 5.69 Å². The summed E-state index contributed by atoms with van der Waals surface area (Å²) in [6.07, 6.45) is -0.207. The average Bonchev–Trinajstić information content (AvgIpc) is 3.76. The van der Waals surface area contributed by atoms with Gasteiger partial charge in [0.1, 0.15) is 24.2 Å². The number of aliphatic carboxylic acids is 6. The van der Waals surface area contributed by atoms with E-state index in [4.69, 9.17) is 10.2 Å². The minimum atomic E-state index is -1.59. The molecule has 1 heterocycles. The number of urea groups is 2. The lowest BCUT2D eigenvalue weighted by molar-refractivity contribution is -0.142. The summed E-state index contributed by atoms with van der Waals surface area (Å²) in [5.74, 6) is -10.4. The lowest BCUT2D eigenvalue weighted by atomic mass is 10.1. The second-order valence-electron chi connectivity index (χ2n) is 15.4. The molecule has 27 nitrogen and oxygen atoms in total. The summed E-state index contributed by atoms with van der Waals surface area (Å²) in [4.78, 5) is 132. The largest absolute Gasteiger partial charge is 0.481 e. The highest BCUT2D eigenvalue weighted by molar-refractivity contribution is 5.95. The predicted octanol–water partition coefficient (Wildman–Crippen LogP) is -0.238. The summed E-state index contributed by atoms with van der Waals surface area (Å²) < 4.78 is 14.0. The first-order valence-electron chi connectivity index (χ1n) is 21.6. The van der Waals surface area contributed by atoms with Crippen molar-refractivity contribution in [2.45, 2.75) is 120 Å². The van der Waals surface area contributed by atoms with Crippen molar-refractivity contribution in [2.75, 3.05) is 19.8 Å². The van der Waals surface area contributed by atoms with E-state index in [2.05, 4.69) is 36.9 Å². The Hall–Kier alpha value is -7.94. The van der Waals surface area contributed by atoms with Gasteiger partial charge in [0, 0.05) is 50.4 Å². The van der Waals surface area contributed by atoms with Crippen LogP contribution in [0.15, 0.2) is 30.5 Å².